The quantitative estimate of drug-likeness (QED) is 0.473. The van der Waals surface area contributed by atoms with Crippen molar-refractivity contribution >= 4 is 17.6 Å². The van der Waals surface area contributed by atoms with Crippen LogP contribution in [-0.4, -0.2) is 37.8 Å². The molecule has 0 atom stereocenters. The highest BCUT2D eigenvalue weighted by molar-refractivity contribution is 7.98. The summed E-state index contributed by atoms with van der Waals surface area (Å²) in [6.07, 6.45) is 8.09. The van der Waals surface area contributed by atoms with Crippen LogP contribution in [0.5, 0.6) is 0 Å². The number of aryl methyl sites for hydroxylation is 1. The Morgan fingerprint density at radius 3 is 3.12 bits per heavy atom. The van der Waals surface area contributed by atoms with Crippen LogP contribution in [0.15, 0.2) is 29.8 Å². The molecule has 0 aliphatic carbocycles. The molecular weight excluding hydrogens is 236 g/mol. The van der Waals surface area contributed by atoms with Crippen LogP contribution >= 0.6 is 11.8 Å². The molecule has 17 heavy (non-hydrogen) atoms. The highest BCUT2D eigenvalue weighted by atomic mass is 32.2. The summed E-state index contributed by atoms with van der Waals surface area (Å²) in [5.74, 6) is 0.864. The summed E-state index contributed by atoms with van der Waals surface area (Å²) in [4.78, 5) is 8.27. The van der Waals surface area contributed by atoms with Crippen molar-refractivity contribution in [1.82, 2.24) is 25.0 Å². The summed E-state index contributed by atoms with van der Waals surface area (Å²) >= 11 is 1.61. The molecule has 0 bridgehead atoms. The molecule has 0 aliphatic rings. The zero-order chi connectivity index (χ0) is 11.9. The molecule has 0 spiro atoms. The van der Waals surface area contributed by atoms with E-state index in [4.69, 9.17) is 0 Å². The molecule has 7 heteroatoms. The highest BCUT2D eigenvalue weighted by Crippen LogP contribution is 2.13. The van der Waals surface area contributed by atoms with Gasteiger partial charge in [0.05, 0.1) is 6.20 Å². The van der Waals surface area contributed by atoms with Gasteiger partial charge in [0.1, 0.15) is 17.2 Å². The van der Waals surface area contributed by atoms with Gasteiger partial charge in [-0.15, -0.1) is 16.9 Å². The summed E-state index contributed by atoms with van der Waals surface area (Å²) in [7, 11) is 0. The van der Waals surface area contributed by atoms with Crippen molar-refractivity contribution < 1.29 is 0 Å². The Morgan fingerprint density at radius 1 is 1.41 bits per heavy atom. The first-order chi connectivity index (χ1) is 8.38. The number of hydrogen-bond acceptors (Lipinski definition) is 6. The van der Waals surface area contributed by atoms with Gasteiger partial charge in [-0.25, -0.2) is 9.97 Å². The molecule has 6 nitrogen and oxygen atoms in total. The molecule has 0 saturated heterocycles. The number of hydrogen-bond donors (Lipinski definition) is 1. The molecule has 1 N–H and O–H groups in total. The fourth-order valence-corrected chi connectivity index (χ4v) is 1.74. The van der Waals surface area contributed by atoms with Gasteiger partial charge in [-0.05, 0) is 12.7 Å². The van der Waals surface area contributed by atoms with E-state index in [0.717, 1.165) is 30.4 Å². The summed E-state index contributed by atoms with van der Waals surface area (Å²) in [5, 5.41) is 11.9. The van der Waals surface area contributed by atoms with Gasteiger partial charge in [-0.3, -0.25) is 4.68 Å². The van der Waals surface area contributed by atoms with Crippen molar-refractivity contribution in [3.05, 3.63) is 24.8 Å². The zero-order valence-corrected chi connectivity index (χ0v) is 10.4. The van der Waals surface area contributed by atoms with Crippen LogP contribution in [0.2, 0.25) is 0 Å². The highest BCUT2D eigenvalue weighted by Gasteiger charge is 1.97. The second-order valence-electron chi connectivity index (χ2n) is 3.39. The Kier molecular flexibility index (Phi) is 4.31. The molecule has 90 valence electrons. The zero-order valence-electron chi connectivity index (χ0n) is 9.58. The van der Waals surface area contributed by atoms with E-state index in [1.807, 2.05) is 23.2 Å². The van der Waals surface area contributed by atoms with Gasteiger partial charge >= 0.3 is 0 Å². The maximum atomic E-state index is 4.15. The lowest BCUT2D eigenvalue weighted by Crippen LogP contribution is -2.08. The van der Waals surface area contributed by atoms with Crippen molar-refractivity contribution in [2.24, 2.45) is 0 Å². The summed E-state index contributed by atoms with van der Waals surface area (Å²) in [6, 6.07) is 1.94. The third kappa shape index (κ3) is 3.70. The number of anilines is 1. The molecule has 2 aromatic heterocycles. The van der Waals surface area contributed by atoms with E-state index < -0.39 is 0 Å². The first-order valence-corrected chi connectivity index (χ1v) is 6.55. The molecule has 2 aromatic rings. The lowest BCUT2D eigenvalue weighted by Gasteiger charge is -2.05. The number of nitrogens with one attached hydrogen (secondary N) is 1. The van der Waals surface area contributed by atoms with E-state index in [9.17, 15) is 0 Å². The Hall–Kier alpha value is -1.63. The summed E-state index contributed by atoms with van der Waals surface area (Å²) in [6.45, 7) is 1.71. The molecule has 0 aromatic carbocycles. The van der Waals surface area contributed by atoms with Gasteiger partial charge in [0.15, 0.2) is 0 Å². The maximum absolute atomic E-state index is 4.15. The second-order valence-corrected chi connectivity index (χ2v) is 4.22. The summed E-state index contributed by atoms with van der Waals surface area (Å²) < 4.78 is 1.81. The number of aromatic nitrogens is 5. The first kappa shape index (κ1) is 11.8. The minimum atomic E-state index is 0.852. The fourth-order valence-electron chi connectivity index (χ4n) is 1.36. The van der Waals surface area contributed by atoms with Crippen molar-refractivity contribution in [3.8, 4) is 0 Å². The van der Waals surface area contributed by atoms with Crippen molar-refractivity contribution in [2.45, 2.75) is 18.0 Å². The normalized spacial score (nSPS) is 10.4. The SMILES string of the molecule is CSc1cc(NCCCn2ccnn2)ncn1. The van der Waals surface area contributed by atoms with Crippen LogP contribution < -0.4 is 5.32 Å². The number of nitrogens with zero attached hydrogens (tertiary/aromatic N) is 5. The van der Waals surface area contributed by atoms with Gasteiger partial charge in [0, 0.05) is 25.4 Å². The Bertz CT molecular complexity index is 444. The van der Waals surface area contributed by atoms with E-state index in [-0.39, 0.29) is 0 Å². The van der Waals surface area contributed by atoms with E-state index in [1.165, 1.54) is 0 Å². The van der Waals surface area contributed by atoms with E-state index >= 15 is 0 Å². The molecule has 0 amide bonds. The third-order valence-corrected chi connectivity index (χ3v) is 2.83. The summed E-state index contributed by atoms with van der Waals surface area (Å²) in [5.41, 5.74) is 0. The smallest absolute Gasteiger partial charge is 0.130 e. The fraction of sp³-hybridized carbons (Fsp3) is 0.400. The van der Waals surface area contributed by atoms with Crippen LogP contribution in [0.3, 0.4) is 0 Å². The third-order valence-electron chi connectivity index (χ3n) is 2.19. The van der Waals surface area contributed by atoms with Crippen LogP contribution in [0.25, 0.3) is 0 Å². The van der Waals surface area contributed by atoms with Crippen molar-refractivity contribution in [3.63, 3.8) is 0 Å². The molecule has 2 rings (SSSR count). The minimum Gasteiger partial charge on any atom is -0.370 e. The molecular formula is C10H14N6S. The van der Waals surface area contributed by atoms with Crippen molar-refractivity contribution in [1.29, 1.82) is 0 Å². The molecule has 0 radical (unpaired) electrons. The number of thioether (sulfide) groups is 1. The maximum Gasteiger partial charge on any atom is 0.130 e. The molecule has 0 aliphatic heterocycles. The van der Waals surface area contributed by atoms with Crippen LogP contribution in [-0.2, 0) is 6.54 Å². The van der Waals surface area contributed by atoms with Gasteiger partial charge in [0.25, 0.3) is 0 Å². The van der Waals surface area contributed by atoms with E-state index in [2.05, 4.69) is 25.6 Å². The first-order valence-electron chi connectivity index (χ1n) is 5.32. The molecule has 2 heterocycles. The second kappa shape index (κ2) is 6.19. The monoisotopic (exact) mass is 250 g/mol. The predicted octanol–water partition coefficient (Wildman–Crippen LogP) is 1.29. The Morgan fingerprint density at radius 2 is 2.35 bits per heavy atom. The van der Waals surface area contributed by atoms with Gasteiger partial charge in [-0.2, -0.15) is 0 Å². The van der Waals surface area contributed by atoms with E-state index in [1.54, 1.807) is 24.3 Å². The van der Waals surface area contributed by atoms with Gasteiger partial charge in [0.2, 0.25) is 0 Å². The standard InChI is InChI=1S/C10H14N6S/c1-17-10-7-9(12-8-13-10)11-3-2-5-16-6-4-14-15-16/h4,6-8H,2-3,5H2,1H3,(H,11,12,13). The van der Waals surface area contributed by atoms with Crippen LogP contribution in [0, 0.1) is 0 Å². The predicted molar refractivity (Wildman–Crippen MR) is 66.9 cm³/mol. The lowest BCUT2D eigenvalue weighted by molar-refractivity contribution is 0.569. The topological polar surface area (TPSA) is 68.5 Å². The van der Waals surface area contributed by atoms with Crippen molar-refractivity contribution in [2.75, 3.05) is 18.1 Å². The average molecular weight is 250 g/mol. The molecule has 0 fully saturated rings. The van der Waals surface area contributed by atoms with Crippen LogP contribution in [0.1, 0.15) is 6.42 Å². The molecule has 0 unspecified atom stereocenters. The molecule has 0 saturated carbocycles. The van der Waals surface area contributed by atoms with E-state index in [0.29, 0.717) is 0 Å². The Labute approximate surface area is 104 Å². The average Bonchev–Trinajstić information content (AvgIpc) is 2.88. The largest absolute Gasteiger partial charge is 0.370 e. The van der Waals surface area contributed by atoms with Gasteiger partial charge < -0.3 is 5.32 Å². The Balaban J connectivity index is 1.74. The number of rotatable bonds is 6. The minimum absolute atomic E-state index is 0.852. The van der Waals surface area contributed by atoms with Gasteiger partial charge in [-0.1, -0.05) is 5.21 Å². The van der Waals surface area contributed by atoms with Crippen LogP contribution in [0.4, 0.5) is 5.82 Å². The lowest BCUT2D eigenvalue weighted by atomic mass is 10.4.